The number of ether oxygens (including phenoxy) is 2. The van der Waals surface area contributed by atoms with E-state index in [1.807, 2.05) is 31.2 Å². The molecule has 1 aliphatic heterocycles. The Kier molecular flexibility index (Phi) is 8.70. The lowest BCUT2D eigenvalue weighted by Gasteiger charge is -2.29. The van der Waals surface area contributed by atoms with E-state index in [4.69, 9.17) is 19.6 Å². The summed E-state index contributed by atoms with van der Waals surface area (Å²) in [7, 11) is 0. The smallest absolute Gasteiger partial charge is 0.338 e. The quantitative estimate of drug-likeness (QED) is 0.186. The summed E-state index contributed by atoms with van der Waals surface area (Å²) in [6.45, 7) is 8.95. The minimum absolute atomic E-state index is 0.351. The van der Waals surface area contributed by atoms with E-state index in [2.05, 4.69) is 50.4 Å². The maximum atomic E-state index is 13.4. The maximum absolute atomic E-state index is 13.4. The minimum atomic E-state index is -0.520. The summed E-state index contributed by atoms with van der Waals surface area (Å²) in [5.74, 6) is 1.87. The number of hydrogen-bond acceptors (Lipinski definition) is 7. The summed E-state index contributed by atoms with van der Waals surface area (Å²) in [5.41, 5.74) is 4.34. The number of unbranched alkanes of at least 4 members (excludes halogenated alkanes) is 1. The van der Waals surface area contributed by atoms with Crippen molar-refractivity contribution in [2.75, 3.05) is 17.7 Å². The van der Waals surface area contributed by atoms with Gasteiger partial charge in [-0.25, -0.2) is 9.48 Å². The van der Waals surface area contributed by atoms with Crippen molar-refractivity contribution >= 4 is 23.7 Å². The molecular formula is C28H34N4O3S. The summed E-state index contributed by atoms with van der Waals surface area (Å²) in [5, 5.41) is 8.74. The van der Waals surface area contributed by atoms with Gasteiger partial charge in [0.05, 0.1) is 12.2 Å². The molecule has 7 nitrogen and oxygen atoms in total. The molecule has 1 N–H and O–H groups in total. The molecule has 2 aromatic carbocycles. The molecule has 0 saturated heterocycles. The van der Waals surface area contributed by atoms with Crippen LogP contribution in [0.25, 0.3) is 0 Å². The first kappa shape index (κ1) is 25.8. The molecule has 3 aromatic rings. The second kappa shape index (κ2) is 12.1. The van der Waals surface area contributed by atoms with Crippen LogP contribution in [0, 0.1) is 6.92 Å². The Morgan fingerprint density at radius 3 is 2.61 bits per heavy atom. The van der Waals surface area contributed by atoms with Gasteiger partial charge >= 0.3 is 5.97 Å². The highest BCUT2D eigenvalue weighted by molar-refractivity contribution is 7.99. The van der Waals surface area contributed by atoms with Gasteiger partial charge in [0.15, 0.2) is 0 Å². The topological polar surface area (TPSA) is 78.3 Å². The van der Waals surface area contributed by atoms with Gasteiger partial charge in [0.1, 0.15) is 18.4 Å². The van der Waals surface area contributed by atoms with Crippen molar-refractivity contribution in [3.05, 3.63) is 76.5 Å². The van der Waals surface area contributed by atoms with Gasteiger partial charge in [0, 0.05) is 17.0 Å². The van der Waals surface area contributed by atoms with E-state index in [0.717, 1.165) is 36.1 Å². The van der Waals surface area contributed by atoms with E-state index in [9.17, 15) is 4.79 Å². The van der Waals surface area contributed by atoms with Crippen LogP contribution in [0.2, 0.25) is 0 Å². The minimum Gasteiger partial charge on any atom is -0.489 e. The summed E-state index contributed by atoms with van der Waals surface area (Å²) >= 11 is 1.60. The summed E-state index contributed by atoms with van der Waals surface area (Å²) in [6.07, 6.45) is 2.79. The van der Waals surface area contributed by atoms with Crippen molar-refractivity contribution in [2.24, 2.45) is 0 Å². The molecule has 4 rings (SSSR count). The molecule has 0 saturated carbocycles. The van der Waals surface area contributed by atoms with Crippen LogP contribution >= 0.6 is 11.8 Å². The van der Waals surface area contributed by atoms with Crippen LogP contribution in [-0.4, -0.2) is 33.1 Å². The number of allylic oxidation sites excluding steroid dienone is 1. The van der Waals surface area contributed by atoms with E-state index in [1.165, 1.54) is 5.56 Å². The number of nitrogens with one attached hydrogen (secondary N) is 1. The predicted octanol–water partition coefficient (Wildman–Crippen LogP) is 6.30. The first-order chi connectivity index (χ1) is 17.5. The monoisotopic (exact) mass is 506 g/mol. The average Bonchev–Trinajstić information content (AvgIpc) is 3.29. The lowest BCUT2D eigenvalue weighted by Crippen LogP contribution is -2.30. The fourth-order valence-corrected chi connectivity index (χ4v) is 4.69. The third-order valence-electron chi connectivity index (χ3n) is 5.95. The molecule has 1 atom stereocenters. The second-order valence-electron chi connectivity index (χ2n) is 8.88. The Labute approximate surface area is 217 Å². The molecule has 0 radical (unpaired) electrons. The number of anilines is 1. The molecule has 1 unspecified atom stereocenters. The number of carbonyl (C=O) groups excluding carboxylic acids is 1. The number of thioether (sulfide) groups is 1. The van der Waals surface area contributed by atoms with Crippen LogP contribution in [0.4, 0.5) is 5.95 Å². The van der Waals surface area contributed by atoms with Crippen LogP contribution in [0.5, 0.6) is 5.75 Å². The number of nitrogens with zero attached hydrogens (tertiary/aromatic N) is 3. The van der Waals surface area contributed by atoms with Gasteiger partial charge in [-0.2, -0.15) is 4.98 Å². The van der Waals surface area contributed by atoms with Crippen LogP contribution in [-0.2, 0) is 16.1 Å². The number of fused-ring (bicyclic) bond motifs is 1. The Hall–Kier alpha value is -3.26. The Bertz CT molecular complexity index is 1220. The molecule has 0 fully saturated rings. The number of rotatable bonds is 11. The lowest BCUT2D eigenvalue weighted by molar-refractivity contribution is -0.139. The molecule has 0 amide bonds. The summed E-state index contributed by atoms with van der Waals surface area (Å²) < 4.78 is 13.8. The largest absolute Gasteiger partial charge is 0.489 e. The fraction of sp³-hybridized carbons (Fsp3) is 0.393. The number of aryl methyl sites for hydroxylation is 1. The number of hydrogen-bond donors (Lipinski definition) is 1. The van der Waals surface area contributed by atoms with E-state index in [1.54, 1.807) is 16.4 Å². The lowest BCUT2D eigenvalue weighted by atomic mass is 9.95. The molecular weight excluding hydrogens is 472 g/mol. The molecule has 8 heteroatoms. The molecule has 1 aliphatic rings. The number of carbonyl (C=O) groups is 1. The molecule has 2 heterocycles. The van der Waals surface area contributed by atoms with E-state index in [-0.39, 0.29) is 5.97 Å². The van der Waals surface area contributed by atoms with E-state index >= 15 is 0 Å². The van der Waals surface area contributed by atoms with Crippen molar-refractivity contribution in [2.45, 2.75) is 64.8 Å². The zero-order chi connectivity index (χ0) is 25.5. The van der Waals surface area contributed by atoms with Gasteiger partial charge in [-0.1, -0.05) is 80.1 Å². The van der Waals surface area contributed by atoms with Gasteiger partial charge in [-0.05, 0) is 38.3 Å². The standard InChI is InChI=1S/C28H34N4O3S/c1-5-7-16-34-26(33)24-20(4)29-27-30-28(36-17-6-2)31-32(27)25(24)22-10-8-9-11-23(22)35-18-21-14-12-19(3)13-15-21/h8-15,25H,5-7,16-18H2,1-4H3,(H,29,30,31). The second-order valence-corrected chi connectivity index (χ2v) is 9.94. The van der Waals surface area contributed by atoms with Crippen molar-refractivity contribution in [3.8, 4) is 5.75 Å². The summed E-state index contributed by atoms with van der Waals surface area (Å²) in [4.78, 5) is 18.0. The van der Waals surface area contributed by atoms with Crippen molar-refractivity contribution in [1.82, 2.24) is 14.8 Å². The molecule has 0 aliphatic carbocycles. The third kappa shape index (κ3) is 5.93. The zero-order valence-corrected chi connectivity index (χ0v) is 22.2. The number of esters is 1. The Morgan fingerprint density at radius 1 is 1.08 bits per heavy atom. The van der Waals surface area contributed by atoms with Gasteiger partial charge in [0.2, 0.25) is 11.1 Å². The van der Waals surface area contributed by atoms with E-state index < -0.39 is 6.04 Å². The average molecular weight is 507 g/mol. The van der Waals surface area contributed by atoms with Crippen molar-refractivity contribution in [3.63, 3.8) is 0 Å². The first-order valence-corrected chi connectivity index (χ1v) is 13.5. The molecule has 190 valence electrons. The van der Waals surface area contributed by atoms with Gasteiger partial charge in [-0.3, -0.25) is 0 Å². The number of para-hydroxylation sites is 1. The third-order valence-corrected chi connectivity index (χ3v) is 6.99. The Balaban J connectivity index is 1.72. The van der Waals surface area contributed by atoms with E-state index in [0.29, 0.717) is 41.3 Å². The van der Waals surface area contributed by atoms with Crippen LogP contribution in [0.15, 0.2) is 65.0 Å². The van der Waals surface area contributed by atoms with Crippen molar-refractivity contribution < 1.29 is 14.3 Å². The molecule has 0 bridgehead atoms. The Morgan fingerprint density at radius 2 is 1.86 bits per heavy atom. The molecule has 0 spiro atoms. The van der Waals surface area contributed by atoms with Crippen LogP contribution < -0.4 is 10.1 Å². The summed E-state index contributed by atoms with van der Waals surface area (Å²) in [6, 6.07) is 15.6. The fourth-order valence-electron chi connectivity index (χ4n) is 4.01. The molecule has 36 heavy (non-hydrogen) atoms. The zero-order valence-electron chi connectivity index (χ0n) is 21.4. The number of benzene rings is 2. The normalized spacial score (nSPS) is 14.8. The van der Waals surface area contributed by atoms with Crippen LogP contribution in [0.1, 0.15) is 62.8 Å². The first-order valence-electron chi connectivity index (χ1n) is 12.5. The highest BCUT2D eigenvalue weighted by atomic mass is 32.2. The highest BCUT2D eigenvalue weighted by Crippen LogP contribution is 2.40. The molecule has 1 aromatic heterocycles. The van der Waals surface area contributed by atoms with Gasteiger partial charge < -0.3 is 14.8 Å². The highest BCUT2D eigenvalue weighted by Gasteiger charge is 2.36. The van der Waals surface area contributed by atoms with Gasteiger partial charge in [0.25, 0.3) is 0 Å². The SMILES string of the molecule is CCCCOC(=O)C1=C(C)Nc2nc(SCCC)nn2C1c1ccccc1OCc1ccc(C)cc1. The predicted molar refractivity (Wildman–Crippen MR) is 143 cm³/mol. The van der Waals surface area contributed by atoms with Gasteiger partial charge in [-0.15, -0.1) is 5.10 Å². The number of aromatic nitrogens is 3. The van der Waals surface area contributed by atoms with Crippen LogP contribution in [0.3, 0.4) is 0 Å². The maximum Gasteiger partial charge on any atom is 0.338 e. The van der Waals surface area contributed by atoms with Crippen molar-refractivity contribution in [1.29, 1.82) is 0 Å².